The van der Waals surface area contributed by atoms with E-state index in [1.165, 1.54) is 0 Å². The van der Waals surface area contributed by atoms with Crippen LogP contribution in [0.15, 0.2) is 0 Å². The molecule has 1 amide bonds. The molecule has 0 aliphatic heterocycles. The minimum atomic E-state index is -0.796. The molecular weight excluding hydrogens is 100 g/mol. The SMILES string of the molecule is COC(=O)N[NH+]=O. The summed E-state index contributed by atoms with van der Waals surface area (Å²) in [5.41, 5.74) is 1.63. The van der Waals surface area contributed by atoms with E-state index in [0.29, 0.717) is 0 Å². The Balaban J connectivity index is 3.17. The molecule has 0 fully saturated rings. The maximum absolute atomic E-state index is 9.82. The van der Waals surface area contributed by atoms with Gasteiger partial charge in [0, 0.05) is 4.91 Å². The zero-order valence-corrected chi connectivity index (χ0v) is 3.72. The Morgan fingerprint density at radius 1 is 1.86 bits per heavy atom. The van der Waals surface area contributed by atoms with Gasteiger partial charge in [-0.3, -0.25) is 0 Å². The van der Waals surface area contributed by atoms with Crippen molar-refractivity contribution in [2.45, 2.75) is 0 Å². The number of hydrogen-bond acceptors (Lipinski definition) is 3. The van der Waals surface area contributed by atoms with Crippen LogP contribution in [0, 0.1) is 4.91 Å². The van der Waals surface area contributed by atoms with E-state index >= 15 is 0 Å². The van der Waals surface area contributed by atoms with Crippen LogP contribution < -0.4 is 10.7 Å². The predicted octanol–water partition coefficient (Wildman–Crippen LogP) is -1.90. The Labute approximate surface area is 39.6 Å². The van der Waals surface area contributed by atoms with Crippen molar-refractivity contribution in [2.75, 3.05) is 7.11 Å². The van der Waals surface area contributed by atoms with E-state index in [9.17, 15) is 9.70 Å². The predicted molar refractivity (Wildman–Crippen MR) is 19.9 cm³/mol. The van der Waals surface area contributed by atoms with Gasteiger partial charge in [0.05, 0.1) is 7.11 Å². The second-order valence-electron chi connectivity index (χ2n) is 0.719. The molecule has 0 radical (unpaired) electrons. The van der Waals surface area contributed by atoms with Gasteiger partial charge in [0.25, 0.3) is 0 Å². The number of carbonyl (C=O) groups excluding carboxylic acids is 1. The summed E-state index contributed by atoms with van der Waals surface area (Å²) in [6.45, 7) is 0. The van der Waals surface area contributed by atoms with Gasteiger partial charge >= 0.3 is 6.09 Å². The standard InChI is InChI=1S/C2H4N2O3/c1-7-2(5)3-4-6/h1H3,(H,3,5,6)/p+1. The average molecular weight is 105 g/mol. The molecule has 2 N–H and O–H groups in total. The van der Waals surface area contributed by atoms with Crippen molar-refractivity contribution >= 4 is 6.09 Å². The van der Waals surface area contributed by atoms with E-state index in [1.54, 1.807) is 5.43 Å². The minimum Gasteiger partial charge on any atom is -0.449 e. The van der Waals surface area contributed by atoms with Crippen LogP contribution >= 0.6 is 0 Å². The van der Waals surface area contributed by atoms with E-state index in [1.807, 2.05) is 0 Å². The van der Waals surface area contributed by atoms with Gasteiger partial charge in [-0.15, -0.1) is 0 Å². The van der Waals surface area contributed by atoms with Crippen LogP contribution in [-0.4, -0.2) is 13.2 Å². The molecule has 0 atom stereocenters. The van der Waals surface area contributed by atoms with Crippen LogP contribution in [0.5, 0.6) is 0 Å². The molecule has 7 heavy (non-hydrogen) atoms. The van der Waals surface area contributed by atoms with Gasteiger partial charge in [0.1, 0.15) is 5.29 Å². The summed E-state index contributed by atoms with van der Waals surface area (Å²) >= 11 is 0. The molecule has 0 heterocycles. The number of nitrogens with one attached hydrogen (secondary N) is 2. The lowest BCUT2D eigenvalue weighted by Gasteiger charge is -1.84. The molecule has 0 rings (SSSR count). The van der Waals surface area contributed by atoms with Gasteiger partial charge in [0.2, 0.25) is 0 Å². The fraction of sp³-hybridized carbons (Fsp3) is 0.500. The van der Waals surface area contributed by atoms with Gasteiger partial charge in [-0.25, -0.2) is 4.79 Å². The number of hydrazine groups is 1. The normalized spacial score (nSPS) is 7.00. The number of ether oxygens (including phenoxy) is 1. The van der Waals surface area contributed by atoms with Crippen molar-refractivity contribution in [1.82, 2.24) is 5.43 Å². The lowest BCUT2D eigenvalue weighted by Crippen LogP contribution is -2.78. The third-order valence-electron chi connectivity index (χ3n) is 0.338. The fourth-order valence-electron chi connectivity index (χ4n) is 0.0927. The highest BCUT2D eigenvalue weighted by atomic mass is 16.5. The first-order valence-electron chi connectivity index (χ1n) is 1.52. The Morgan fingerprint density at radius 3 is 2.57 bits per heavy atom. The van der Waals surface area contributed by atoms with Crippen molar-refractivity contribution < 1.29 is 14.8 Å². The zero-order valence-electron chi connectivity index (χ0n) is 3.72. The number of hydrogen-bond donors (Lipinski definition) is 2. The lowest BCUT2D eigenvalue weighted by molar-refractivity contribution is -0.533. The molecule has 0 aliphatic carbocycles. The van der Waals surface area contributed by atoms with Crippen LogP contribution in [0.25, 0.3) is 0 Å². The van der Waals surface area contributed by atoms with Crippen molar-refractivity contribution in [3.63, 3.8) is 0 Å². The second kappa shape index (κ2) is 3.08. The summed E-state index contributed by atoms with van der Waals surface area (Å²) in [5.74, 6) is 0. The van der Waals surface area contributed by atoms with Crippen LogP contribution in [0.4, 0.5) is 4.79 Å². The Hall–Kier alpha value is -1.13. The number of carbonyl (C=O) groups is 1. The summed E-state index contributed by atoms with van der Waals surface area (Å²) in [4.78, 5) is 19.1. The largest absolute Gasteiger partial charge is 0.464 e. The van der Waals surface area contributed by atoms with Crippen molar-refractivity contribution in [1.29, 1.82) is 0 Å². The Bertz CT molecular complexity index is 81.0. The van der Waals surface area contributed by atoms with E-state index in [2.05, 4.69) is 4.74 Å². The van der Waals surface area contributed by atoms with E-state index in [4.69, 9.17) is 0 Å². The zero-order chi connectivity index (χ0) is 5.70. The quantitative estimate of drug-likeness (QED) is 0.383. The fourth-order valence-corrected chi connectivity index (χ4v) is 0.0927. The first-order chi connectivity index (χ1) is 3.31. The summed E-state index contributed by atoms with van der Waals surface area (Å²) < 4.78 is 3.98. The lowest BCUT2D eigenvalue weighted by atomic mass is 11.2. The third-order valence-corrected chi connectivity index (χ3v) is 0.338. The monoisotopic (exact) mass is 105 g/mol. The number of methoxy groups -OCH3 is 1. The molecule has 0 saturated carbocycles. The van der Waals surface area contributed by atoms with E-state index in [-0.39, 0.29) is 0 Å². The summed E-state index contributed by atoms with van der Waals surface area (Å²) in [5, 5.41) is 1.14. The van der Waals surface area contributed by atoms with Crippen LogP contribution in [-0.2, 0) is 4.74 Å². The molecule has 5 heteroatoms. The molecule has 0 spiro atoms. The van der Waals surface area contributed by atoms with Gasteiger partial charge < -0.3 is 4.74 Å². The molecule has 0 aromatic heterocycles. The number of rotatable bonds is 1. The molecule has 0 unspecified atom stereocenters. The molecule has 0 aliphatic rings. The third kappa shape index (κ3) is 2.68. The van der Waals surface area contributed by atoms with E-state index < -0.39 is 6.09 Å². The smallest absolute Gasteiger partial charge is 0.449 e. The molecular formula is C2H5N2O3+. The molecule has 40 valence electrons. The van der Waals surface area contributed by atoms with Gasteiger partial charge in [-0.05, 0) is 5.43 Å². The minimum absolute atomic E-state index is 0.796. The Kier molecular flexibility index (Phi) is 2.58. The van der Waals surface area contributed by atoms with Crippen LogP contribution in [0.2, 0.25) is 0 Å². The van der Waals surface area contributed by atoms with Crippen LogP contribution in [0.1, 0.15) is 0 Å². The van der Waals surface area contributed by atoms with Crippen LogP contribution in [0.3, 0.4) is 0 Å². The molecule has 0 aromatic carbocycles. The van der Waals surface area contributed by atoms with Crippen molar-refractivity contribution in [3.05, 3.63) is 4.91 Å². The topological polar surface area (TPSA) is 69.4 Å². The molecule has 0 aromatic rings. The first-order valence-corrected chi connectivity index (χ1v) is 1.52. The molecule has 0 saturated heterocycles. The summed E-state index contributed by atoms with van der Waals surface area (Å²) in [7, 11) is 1.16. The molecule has 5 nitrogen and oxygen atoms in total. The van der Waals surface area contributed by atoms with Gasteiger partial charge in [-0.1, -0.05) is 0 Å². The number of nitroso groups, excluding NO2 is 1. The highest BCUT2D eigenvalue weighted by Crippen LogP contribution is 1.59. The average Bonchev–Trinajstić information content (AvgIpc) is 1.68. The van der Waals surface area contributed by atoms with Gasteiger partial charge in [-0.2, -0.15) is 0 Å². The summed E-state index contributed by atoms with van der Waals surface area (Å²) in [6, 6.07) is 0. The van der Waals surface area contributed by atoms with Crippen molar-refractivity contribution in [2.24, 2.45) is 0 Å². The van der Waals surface area contributed by atoms with E-state index in [0.717, 1.165) is 12.4 Å². The summed E-state index contributed by atoms with van der Waals surface area (Å²) in [6.07, 6.45) is -0.796. The second-order valence-corrected chi connectivity index (χ2v) is 0.719. The maximum Gasteiger partial charge on any atom is 0.464 e. The van der Waals surface area contributed by atoms with Gasteiger partial charge in [0.15, 0.2) is 0 Å². The number of amides is 1. The molecule has 0 bridgehead atoms. The highest BCUT2D eigenvalue weighted by molar-refractivity contribution is 5.64. The van der Waals surface area contributed by atoms with Crippen molar-refractivity contribution in [3.8, 4) is 0 Å². The maximum atomic E-state index is 9.82. The highest BCUT2D eigenvalue weighted by Gasteiger charge is 1.96. The Morgan fingerprint density at radius 2 is 2.43 bits per heavy atom. The first kappa shape index (κ1) is 5.87.